The molecule has 0 aliphatic carbocycles. The molecule has 0 saturated heterocycles. The van der Waals surface area contributed by atoms with Gasteiger partial charge in [-0.05, 0) is 31.6 Å². The van der Waals surface area contributed by atoms with E-state index in [0.717, 1.165) is 18.8 Å². The molecule has 0 aromatic carbocycles. The number of nitrogens with one attached hydrogen (secondary N) is 1. The Balaban J connectivity index is 2.46. The quantitative estimate of drug-likeness (QED) is 0.712. The third-order valence-electron chi connectivity index (χ3n) is 2.59. The van der Waals surface area contributed by atoms with Gasteiger partial charge in [0.05, 0.1) is 18.0 Å². The van der Waals surface area contributed by atoms with E-state index < -0.39 is 10.0 Å². The second kappa shape index (κ2) is 7.45. The van der Waals surface area contributed by atoms with Crippen molar-refractivity contribution in [2.45, 2.75) is 19.9 Å². The lowest BCUT2D eigenvalue weighted by Crippen LogP contribution is -2.30. The molecule has 1 heterocycles. The van der Waals surface area contributed by atoms with Crippen molar-refractivity contribution in [3.63, 3.8) is 0 Å². The van der Waals surface area contributed by atoms with Gasteiger partial charge in [0.2, 0.25) is 10.0 Å². The molecule has 0 aliphatic heterocycles. The van der Waals surface area contributed by atoms with Crippen molar-refractivity contribution in [1.82, 2.24) is 14.6 Å². The summed E-state index contributed by atoms with van der Waals surface area (Å²) in [5, 5.41) is 3.11. The van der Waals surface area contributed by atoms with Crippen LogP contribution in [0.3, 0.4) is 0 Å². The van der Waals surface area contributed by atoms with Crippen LogP contribution in [0.5, 0.6) is 0 Å². The van der Waals surface area contributed by atoms with Crippen LogP contribution in [-0.4, -0.2) is 43.6 Å². The van der Waals surface area contributed by atoms with Gasteiger partial charge in [0.25, 0.3) is 0 Å². The van der Waals surface area contributed by atoms with Crippen LogP contribution in [0.15, 0.2) is 24.4 Å². The maximum atomic E-state index is 12.0. The van der Waals surface area contributed by atoms with Crippen molar-refractivity contribution in [2.24, 2.45) is 0 Å². The Labute approximate surface area is 109 Å². The minimum Gasteiger partial charge on any atom is -0.317 e. The Hall–Kier alpha value is -0.980. The molecule has 5 nitrogen and oxygen atoms in total. The highest BCUT2D eigenvalue weighted by Gasteiger charge is 2.17. The number of nitrogens with zero attached hydrogens (tertiary/aromatic N) is 2. The van der Waals surface area contributed by atoms with Crippen LogP contribution in [-0.2, 0) is 16.6 Å². The van der Waals surface area contributed by atoms with E-state index in [1.165, 1.54) is 4.31 Å². The van der Waals surface area contributed by atoms with E-state index in [9.17, 15) is 8.42 Å². The molecular weight excluding hydrogens is 250 g/mol. The molecule has 1 N–H and O–H groups in total. The zero-order valence-electron chi connectivity index (χ0n) is 11.0. The average molecular weight is 271 g/mol. The Morgan fingerprint density at radius 1 is 1.39 bits per heavy atom. The van der Waals surface area contributed by atoms with Gasteiger partial charge in [-0.3, -0.25) is 4.98 Å². The van der Waals surface area contributed by atoms with Gasteiger partial charge in [0.15, 0.2) is 0 Å². The van der Waals surface area contributed by atoms with Crippen LogP contribution < -0.4 is 5.32 Å². The molecule has 18 heavy (non-hydrogen) atoms. The fourth-order valence-electron chi connectivity index (χ4n) is 1.53. The van der Waals surface area contributed by atoms with Crippen molar-refractivity contribution in [3.8, 4) is 0 Å². The molecule has 0 saturated carbocycles. The lowest BCUT2D eigenvalue weighted by molar-refractivity contribution is 0.460. The topological polar surface area (TPSA) is 62.3 Å². The van der Waals surface area contributed by atoms with E-state index in [0.29, 0.717) is 13.0 Å². The molecule has 0 amide bonds. The number of pyridine rings is 1. The van der Waals surface area contributed by atoms with Gasteiger partial charge < -0.3 is 5.32 Å². The second-order valence-electron chi connectivity index (χ2n) is 4.10. The molecule has 0 fully saturated rings. The van der Waals surface area contributed by atoms with Gasteiger partial charge in [-0.25, -0.2) is 8.42 Å². The van der Waals surface area contributed by atoms with Crippen LogP contribution in [0.25, 0.3) is 0 Å². The Kier molecular flexibility index (Phi) is 6.24. The summed E-state index contributed by atoms with van der Waals surface area (Å²) >= 11 is 0. The van der Waals surface area contributed by atoms with E-state index in [1.807, 2.05) is 25.1 Å². The van der Waals surface area contributed by atoms with Gasteiger partial charge in [-0.2, -0.15) is 4.31 Å². The molecule has 0 radical (unpaired) electrons. The van der Waals surface area contributed by atoms with Gasteiger partial charge in [-0.1, -0.05) is 13.0 Å². The standard InChI is InChI=1S/C12H21N3O2S/c1-3-13-8-6-10-18(16,17)15(2)11-12-7-4-5-9-14-12/h4-5,7,9,13H,3,6,8,10-11H2,1-2H3. The SMILES string of the molecule is CCNCCCS(=O)(=O)N(C)Cc1ccccn1. The number of hydrogen-bond donors (Lipinski definition) is 1. The molecule has 0 bridgehead atoms. The minimum absolute atomic E-state index is 0.170. The third kappa shape index (κ3) is 5.12. The molecule has 6 heteroatoms. The lowest BCUT2D eigenvalue weighted by Gasteiger charge is -2.16. The van der Waals surface area contributed by atoms with E-state index >= 15 is 0 Å². The van der Waals surface area contributed by atoms with Crippen molar-refractivity contribution < 1.29 is 8.42 Å². The van der Waals surface area contributed by atoms with Crippen LogP contribution in [0.4, 0.5) is 0 Å². The summed E-state index contributed by atoms with van der Waals surface area (Å²) in [4.78, 5) is 4.12. The summed E-state index contributed by atoms with van der Waals surface area (Å²) in [7, 11) is -1.59. The first-order valence-corrected chi connectivity index (χ1v) is 7.72. The fraction of sp³-hybridized carbons (Fsp3) is 0.583. The molecule has 0 aliphatic rings. The number of hydrogen-bond acceptors (Lipinski definition) is 4. The van der Waals surface area contributed by atoms with Gasteiger partial charge in [-0.15, -0.1) is 0 Å². The first kappa shape index (κ1) is 15.1. The normalized spacial score (nSPS) is 11.9. The first-order chi connectivity index (χ1) is 8.56. The zero-order valence-corrected chi connectivity index (χ0v) is 11.8. The van der Waals surface area contributed by atoms with Gasteiger partial charge >= 0.3 is 0 Å². The van der Waals surface area contributed by atoms with Crippen molar-refractivity contribution in [3.05, 3.63) is 30.1 Å². The maximum Gasteiger partial charge on any atom is 0.214 e. The highest BCUT2D eigenvalue weighted by molar-refractivity contribution is 7.89. The molecule has 1 aromatic rings. The molecular formula is C12H21N3O2S. The van der Waals surface area contributed by atoms with E-state index in [-0.39, 0.29) is 5.75 Å². The maximum absolute atomic E-state index is 12.0. The van der Waals surface area contributed by atoms with Crippen LogP contribution >= 0.6 is 0 Å². The van der Waals surface area contributed by atoms with Crippen molar-refractivity contribution in [2.75, 3.05) is 25.9 Å². The predicted molar refractivity (Wildman–Crippen MR) is 72.7 cm³/mol. The molecule has 0 atom stereocenters. The van der Waals surface area contributed by atoms with Crippen molar-refractivity contribution in [1.29, 1.82) is 0 Å². The molecule has 102 valence electrons. The zero-order chi connectivity index (χ0) is 13.4. The smallest absolute Gasteiger partial charge is 0.214 e. The largest absolute Gasteiger partial charge is 0.317 e. The molecule has 0 unspecified atom stereocenters. The van der Waals surface area contributed by atoms with Crippen LogP contribution in [0.1, 0.15) is 19.0 Å². The molecule has 1 rings (SSSR count). The third-order valence-corrected chi connectivity index (χ3v) is 4.47. The highest BCUT2D eigenvalue weighted by Crippen LogP contribution is 2.06. The van der Waals surface area contributed by atoms with Gasteiger partial charge in [0.1, 0.15) is 0 Å². The van der Waals surface area contributed by atoms with E-state index in [1.54, 1.807) is 13.2 Å². The van der Waals surface area contributed by atoms with Crippen molar-refractivity contribution >= 4 is 10.0 Å². The lowest BCUT2D eigenvalue weighted by atomic mass is 10.3. The van der Waals surface area contributed by atoms with Gasteiger partial charge in [0, 0.05) is 13.2 Å². The van der Waals surface area contributed by atoms with E-state index in [4.69, 9.17) is 0 Å². The summed E-state index contributed by atoms with van der Waals surface area (Å²) < 4.78 is 25.3. The molecule has 0 spiro atoms. The molecule has 1 aromatic heterocycles. The Morgan fingerprint density at radius 2 is 2.17 bits per heavy atom. The Morgan fingerprint density at radius 3 is 2.78 bits per heavy atom. The van der Waals surface area contributed by atoms with Crippen LogP contribution in [0.2, 0.25) is 0 Å². The summed E-state index contributed by atoms with van der Waals surface area (Å²) in [6, 6.07) is 5.49. The summed E-state index contributed by atoms with van der Waals surface area (Å²) in [6.45, 7) is 3.92. The van der Waals surface area contributed by atoms with E-state index in [2.05, 4.69) is 10.3 Å². The van der Waals surface area contributed by atoms with Crippen LogP contribution in [0, 0.1) is 0 Å². The summed E-state index contributed by atoms with van der Waals surface area (Å²) in [5.74, 6) is 0.170. The monoisotopic (exact) mass is 271 g/mol. The Bertz CT molecular complexity index is 434. The highest BCUT2D eigenvalue weighted by atomic mass is 32.2. The summed E-state index contributed by atoms with van der Waals surface area (Å²) in [6.07, 6.45) is 2.30. The minimum atomic E-state index is -3.19. The number of aromatic nitrogens is 1. The predicted octanol–water partition coefficient (Wildman–Crippen LogP) is 0.843. The second-order valence-corrected chi connectivity index (χ2v) is 6.30. The summed E-state index contributed by atoms with van der Waals surface area (Å²) in [5.41, 5.74) is 0.759. The average Bonchev–Trinajstić information content (AvgIpc) is 2.36. The number of rotatable bonds is 8. The fourth-order valence-corrected chi connectivity index (χ4v) is 2.68. The first-order valence-electron chi connectivity index (χ1n) is 6.11. The number of sulfonamides is 1.